The van der Waals surface area contributed by atoms with Crippen LogP contribution in [0.25, 0.3) is 0 Å². The Kier molecular flexibility index (Phi) is 6.73. The molecule has 2 rings (SSSR count). The summed E-state index contributed by atoms with van der Waals surface area (Å²) in [4.78, 5) is 34.6. The number of esters is 1. The van der Waals surface area contributed by atoms with Crippen LogP contribution < -0.4 is 15.8 Å². The Morgan fingerprint density at radius 1 is 0.962 bits per heavy atom. The first-order valence-electron chi connectivity index (χ1n) is 8.09. The molecule has 7 heteroatoms. The number of hydrogen-bond acceptors (Lipinski definition) is 5. The fourth-order valence-electron chi connectivity index (χ4n) is 2.03. The summed E-state index contributed by atoms with van der Waals surface area (Å²) in [5.41, 5.74) is 6.46. The largest absolute Gasteiger partial charge is 0.484 e. The summed E-state index contributed by atoms with van der Waals surface area (Å²) in [7, 11) is 0. The van der Waals surface area contributed by atoms with Gasteiger partial charge in [0, 0.05) is 11.3 Å². The number of amides is 2. The van der Waals surface area contributed by atoms with E-state index in [0.717, 1.165) is 6.42 Å². The molecule has 0 heterocycles. The highest BCUT2D eigenvalue weighted by Gasteiger charge is 2.08. The van der Waals surface area contributed by atoms with E-state index in [2.05, 4.69) is 5.32 Å². The number of anilines is 1. The first-order chi connectivity index (χ1) is 12.5. The zero-order valence-corrected chi connectivity index (χ0v) is 14.4. The van der Waals surface area contributed by atoms with E-state index < -0.39 is 11.9 Å². The molecular formula is C19H20N2O5. The zero-order valence-electron chi connectivity index (χ0n) is 14.4. The van der Waals surface area contributed by atoms with Crippen LogP contribution in [0.1, 0.15) is 34.1 Å². The highest BCUT2D eigenvalue weighted by atomic mass is 16.5. The molecular weight excluding hydrogens is 336 g/mol. The first-order valence-corrected chi connectivity index (χ1v) is 8.09. The number of carbonyl (C=O) groups excluding carboxylic acids is 3. The SMILES string of the molecule is CCCOC(=O)c1ccc(OCC(=O)Nc2ccc(C(N)=O)cc2)cc1. The minimum atomic E-state index is -0.534. The lowest BCUT2D eigenvalue weighted by molar-refractivity contribution is -0.118. The van der Waals surface area contributed by atoms with Gasteiger partial charge in [-0.1, -0.05) is 6.92 Å². The van der Waals surface area contributed by atoms with Crippen molar-refractivity contribution in [1.29, 1.82) is 0 Å². The van der Waals surface area contributed by atoms with E-state index in [0.29, 0.717) is 29.2 Å². The maximum Gasteiger partial charge on any atom is 0.338 e. The third-order valence-electron chi connectivity index (χ3n) is 3.35. The predicted octanol–water partition coefficient (Wildman–Crippen LogP) is 2.37. The van der Waals surface area contributed by atoms with Gasteiger partial charge in [-0.25, -0.2) is 4.79 Å². The molecule has 0 aliphatic heterocycles. The van der Waals surface area contributed by atoms with Crippen LogP contribution in [0, 0.1) is 0 Å². The van der Waals surface area contributed by atoms with Crippen LogP contribution in [0.4, 0.5) is 5.69 Å². The molecule has 0 spiro atoms. The number of nitrogens with two attached hydrogens (primary N) is 1. The van der Waals surface area contributed by atoms with Gasteiger partial charge in [-0.05, 0) is 55.0 Å². The Balaban J connectivity index is 1.83. The molecule has 7 nitrogen and oxygen atoms in total. The fourth-order valence-corrected chi connectivity index (χ4v) is 2.03. The molecule has 0 bridgehead atoms. The van der Waals surface area contributed by atoms with Crippen LogP contribution in [-0.2, 0) is 9.53 Å². The quantitative estimate of drug-likeness (QED) is 0.706. The molecule has 136 valence electrons. The number of rotatable bonds is 8. The van der Waals surface area contributed by atoms with Gasteiger partial charge in [-0.3, -0.25) is 9.59 Å². The van der Waals surface area contributed by atoms with Crippen molar-refractivity contribution in [3.8, 4) is 5.75 Å². The molecule has 0 saturated carbocycles. The molecule has 0 aliphatic carbocycles. The van der Waals surface area contributed by atoms with Crippen LogP contribution in [-0.4, -0.2) is 31.0 Å². The van der Waals surface area contributed by atoms with Crippen LogP contribution in [0.15, 0.2) is 48.5 Å². The number of primary amides is 1. The average Bonchev–Trinajstić information content (AvgIpc) is 2.65. The van der Waals surface area contributed by atoms with E-state index in [1.165, 1.54) is 12.1 Å². The topological polar surface area (TPSA) is 108 Å². The zero-order chi connectivity index (χ0) is 18.9. The number of benzene rings is 2. The lowest BCUT2D eigenvalue weighted by atomic mass is 10.2. The van der Waals surface area contributed by atoms with Crippen LogP contribution in [0.3, 0.4) is 0 Å². The van der Waals surface area contributed by atoms with Gasteiger partial charge in [0.05, 0.1) is 12.2 Å². The van der Waals surface area contributed by atoms with Crippen molar-refractivity contribution >= 4 is 23.5 Å². The Hall–Kier alpha value is -3.35. The van der Waals surface area contributed by atoms with Crippen molar-refractivity contribution in [2.24, 2.45) is 5.73 Å². The summed E-state index contributed by atoms with van der Waals surface area (Å²) < 4.78 is 10.4. The number of ether oxygens (including phenoxy) is 2. The third kappa shape index (κ3) is 5.62. The number of carbonyl (C=O) groups is 3. The Morgan fingerprint density at radius 3 is 2.15 bits per heavy atom. The number of hydrogen-bond donors (Lipinski definition) is 2. The van der Waals surface area contributed by atoms with Crippen molar-refractivity contribution in [3.63, 3.8) is 0 Å². The summed E-state index contributed by atoms with van der Waals surface area (Å²) in [6, 6.07) is 12.5. The molecule has 2 amide bonds. The lowest BCUT2D eigenvalue weighted by Crippen LogP contribution is -2.20. The maximum atomic E-state index is 11.9. The van der Waals surface area contributed by atoms with E-state index in [4.69, 9.17) is 15.2 Å². The predicted molar refractivity (Wildman–Crippen MR) is 96.1 cm³/mol. The molecule has 0 fully saturated rings. The lowest BCUT2D eigenvalue weighted by Gasteiger charge is -2.08. The van der Waals surface area contributed by atoms with Crippen molar-refractivity contribution in [2.45, 2.75) is 13.3 Å². The molecule has 0 atom stereocenters. The van der Waals surface area contributed by atoms with Crippen LogP contribution >= 0.6 is 0 Å². The van der Waals surface area contributed by atoms with Crippen molar-refractivity contribution in [3.05, 3.63) is 59.7 Å². The molecule has 0 saturated heterocycles. The summed E-state index contributed by atoms with van der Waals surface area (Å²) in [5, 5.41) is 2.64. The Bertz CT molecular complexity index is 770. The molecule has 0 aromatic heterocycles. The average molecular weight is 356 g/mol. The normalized spacial score (nSPS) is 10.0. The van der Waals surface area contributed by atoms with E-state index in [1.54, 1.807) is 36.4 Å². The second-order valence-corrected chi connectivity index (χ2v) is 5.44. The van der Waals surface area contributed by atoms with Gasteiger partial charge in [0.25, 0.3) is 5.91 Å². The van der Waals surface area contributed by atoms with Gasteiger partial charge >= 0.3 is 5.97 Å². The minimum Gasteiger partial charge on any atom is -0.484 e. The molecule has 2 aromatic rings. The van der Waals surface area contributed by atoms with E-state index >= 15 is 0 Å². The van der Waals surface area contributed by atoms with Gasteiger partial charge in [-0.15, -0.1) is 0 Å². The second kappa shape index (κ2) is 9.22. The Labute approximate surface area is 151 Å². The van der Waals surface area contributed by atoms with E-state index in [1.807, 2.05) is 6.92 Å². The summed E-state index contributed by atoms with van der Waals surface area (Å²) in [6.45, 7) is 2.09. The van der Waals surface area contributed by atoms with E-state index in [-0.39, 0.29) is 12.5 Å². The summed E-state index contributed by atoms with van der Waals surface area (Å²) >= 11 is 0. The third-order valence-corrected chi connectivity index (χ3v) is 3.35. The first kappa shape index (κ1) is 19.0. The number of nitrogens with one attached hydrogen (secondary N) is 1. The molecule has 0 aliphatic rings. The highest BCUT2D eigenvalue weighted by molar-refractivity contribution is 5.95. The summed E-state index contributed by atoms with van der Waals surface area (Å²) in [5.74, 6) is -0.830. The van der Waals surface area contributed by atoms with Gasteiger partial charge in [0.1, 0.15) is 5.75 Å². The fraction of sp³-hybridized carbons (Fsp3) is 0.211. The van der Waals surface area contributed by atoms with Gasteiger partial charge < -0.3 is 20.5 Å². The smallest absolute Gasteiger partial charge is 0.338 e. The maximum absolute atomic E-state index is 11.9. The monoisotopic (exact) mass is 356 g/mol. The van der Waals surface area contributed by atoms with Crippen LogP contribution in [0.5, 0.6) is 5.75 Å². The molecule has 3 N–H and O–H groups in total. The minimum absolute atomic E-state index is 0.197. The molecule has 2 aromatic carbocycles. The van der Waals surface area contributed by atoms with Crippen molar-refractivity contribution < 1.29 is 23.9 Å². The van der Waals surface area contributed by atoms with Crippen molar-refractivity contribution in [1.82, 2.24) is 0 Å². The van der Waals surface area contributed by atoms with Crippen LogP contribution in [0.2, 0.25) is 0 Å². The Morgan fingerprint density at radius 2 is 1.58 bits per heavy atom. The molecule has 26 heavy (non-hydrogen) atoms. The van der Waals surface area contributed by atoms with Gasteiger partial charge in [-0.2, -0.15) is 0 Å². The second-order valence-electron chi connectivity index (χ2n) is 5.44. The van der Waals surface area contributed by atoms with Gasteiger partial charge in [0.15, 0.2) is 6.61 Å². The summed E-state index contributed by atoms with van der Waals surface area (Å²) in [6.07, 6.45) is 0.757. The highest BCUT2D eigenvalue weighted by Crippen LogP contribution is 2.14. The van der Waals surface area contributed by atoms with E-state index in [9.17, 15) is 14.4 Å². The van der Waals surface area contributed by atoms with Crippen molar-refractivity contribution in [2.75, 3.05) is 18.5 Å². The molecule has 0 unspecified atom stereocenters. The molecule has 0 radical (unpaired) electrons. The van der Waals surface area contributed by atoms with Gasteiger partial charge in [0.2, 0.25) is 5.91 Å². The standard InChI is InChI=1S/C19H20N2O5/c1-2-11-25-19(24)14-5-9-16(10-6-14)26-12-17(22)21-15-7-3-13(4-8-15)18(20)23/h3-10H,2,11-12H2,1H3,(H2,20,23)(H,21,22).